The molecule has 0 saturated heterocycles. The number of hydrogen-bond donors (Lipinski definition) is 3. The van der Waals surface area contributed by atoms with Gasteiger partial charge in [-0.15, -0.1) is 0 Å². The molecular weight excluding hydrogens is 475 g/mol. The number of nitrogens with one attached hydrogen (secondary N) is 2. The molecule has 3 aliphatic rings. The van der Waals surface area contributed by atoms with E-state index in [9.17, 15) is 19.1 Å². The smallest absolute Gasteiger partial charge is 0.262 e. The average molecular weight is 503 g/mol. The first kappa shape index (κ1) is 25.0. The lowest BCUT2D eigenvalue weighted by molar-refractivity contribution is -0.129. The number of benzene rings is 2. The fraction of sp³-hybridized carbons (Fsp3) is 0.385. The number of halogens is 2. The normalized spacial score (nSPS) is 20.7. The first-order valence-corrected chi connectivity index (χ1v) is 11.7. The molecule has 2 aromatic carbocycles. The number of carbonyl (C=O) groups excluding carboxylic acids is 2. The highest BCUT2D eigenvalue weighted by Crippen LogP contribution is 2.47. The lowest BCUT2D eigenvalue weighted by Gasteiger charge is -2.52. The van der Waals surface area contributed by atoms with Crippen LogP contribution in [-0.4, -0.2) is 41.8 Å². The second-order valence-electron chi connectivity index (χ2n) is 9.24. The molecule has 5 rings (SSSR count). The minimum atomic E-state index is -0.852. The molecule has 2 bridgehead atoms. The van der Waals surface area contributed by atoms with Crippen molar-refractivity contribution in [3.63, 3.8) is 0 Å². The fourth-order valence-corrected chi connectivity index (χ4v) is 4.58. The van der Waals surface area contributed by atoms with E-state index in [0.29, 0.717) is 24.3 Å². The Kier molecular flexibility index (Phi) is 7.05. The summed E-state index contributed by atoms with van der Waals surface area (Å²) in [6, 6.07) is 7.72. The summed E-state index contributed by atoms with van der Waals surface area (Å²) in [7, 11) is 0. The summed E-state index contributed by atoms with van der Waals surface area (Å²) < 4.78 is 24.5. The van der Waals surface area contributed by atoms with Crippen LogP contribution in [0.4, 0.5) is 4.39 Å². The van der Waals surface area contributed by atoms with Crippen molar-refractivity contribution in [3.05, 3.63) is 69.1 Å². The van der Waals surface area contributed by atoms with Gasteiger partial charge >= 0.3 is 0 Å². The Morgan fingerprint density at radius 3 is 2.31 bits per heavy atom. The van der Waals surface area contributed by atoms with Gasteiger partial charge in [0.05, 0.1) is 16.7 Å². The second-order valence-corrected chi connectivity index (χ2v) is 9.65. The standard InChI is InChI=1S/C26H28ClFN2O5/c1-14-6-19(7-15(2)16(14)3)35-13-25(33)30-26-10-17(11-26)22(9-23(26)31)29-24(32)12-34-18-4-5-20(27)21(28)8-18/h4-8,23,31H,9-13H2,1-3H3,(H,29,32)(H,30,33)/t23-/m0/s1. The van der Waals surface area contributed by atoms with Crippen molar-refractivity contribution in [1.29, 1.82) is 0 Å². The van der Waals surface area contributed by atoms with Gasteiger partial charge in [-0.3, -0.25) is 9.59 Å². The molecule has 0 aliphatic heterocycles. The summed E-state index contributed by atoms with van der Waals surface area (Å²) in [5, 5.41) is 16.4. The lowest BCUT2D eigenvalue weighted by atomic mass is 9.62. The van der Waals surface area contributed by atoms with Crippen LogP contribution in [0, 0.1) is 26.6 Å². The average Bonchev–Trinajstić information content (AvgIpc) is 2.77. The van der Waals surface area contributed by atoms with E-state index >= 15 is 0 Å². The van der Waals surface area contributed by atoms with E-state index in [1.165, 1.54) is 17.7 Å². The first-order chi connectivity index (χ1) is 16.6. The highest BCUT2D eigenvalue weighted by molar-refractivity contribution is 6.30. The van der Waals surface area contributed by atoms with E-state index in [2.05, 4.69) is 10.6 Å². The van der Waals surface area contributed by atoms with Crippen LogP contribution in [0.5, 0.6) is 11.5 Å². The van der Waals surface area contributed by atoms with Crippen molar-refractivity contribution in [1.82, 2.24) is 10.6 Å². The Balaban J connectivity index is 1.28. The third kappa shape index (κ3) is 5.44. The molecular formula is C26H28ClFN2O5. The minimum Gasteiger partial charge on any atom is -0.484 e. The maximum Gasteiger partial charge on any atom is 0.262 e. The highest BCUT2D eigenvalue weighted by Gasteiger charge is 2.52. The number of hydrogen-bond acceptors (Lipinski definition) is 5. The first-order valence-electron chi connectivity index (χ1n) is 11.3. The Hall–Kier alpha value is -3.10. The molecule has 0 spiro atoms. The molecule has 0 aromatic heterocycles. The van der Waals surface area contributed by atoms with Crippen molar-refractivity contribution >= 4 is 23.4 Å². The zero-order valence-electron chi connectivity index (χ0n) is 19.8. The molecule has 2 aromatic rings. The van der Waals surface area contributed by atoms with E-state index in [-0.39, 0.29) is 36.3 Å². The maximum absolute atomic E-state index is 13.5. The monoisotopic (exact) mass is 502 g/mol. The number of ether oxygens (including phenoxy) is 2. The summed E-state index contributed by atoms with van der Waals surface area (Å²) in [4.78, 5) is 24.8. The Bertz CT molecular complexity index is 1180. The van der Waals surface area contributed by atoms with Crippen LogP contribution >= 0.6 is 11.6 Å². The van der Waals surface area contributed by atoms with E-state index in [4.69, 9.17) is 21.1 Å². The predicted octanol–water partition coefficient (Wildman–Crippen LogP) is 3.65. The minimum absolute atomic E-state index is 0.0302. The van der Waals surface area contributed by atoms with Crippen molar-refractivity contribution in [2.24, 2.45) is 0 Å². The maximum atomic E-state index is 13.5. The fourth-order valence-electron chi connectivity index (χ4n) is 4.46. The molecule has 7 nitrogen and oxygen atoms in total. The summed E-state index contributed by atoms with van der Waals surface area (Å²) in [6.07, 6.45) is 0.242. The van der Waals surface area contributed by atoms with Gasteiger partial charge in [-0.1, -0.05) is 11.6 Å². The van der Waals surface area contributed by atoms with Crippen LogP contribution in [0.1, 0.15) is 36.0 Å². The van der Waals surface area contributed by atoms with E-state index in [1.54, 1.807) is 0 Å². The van der Waals surface area contributed by atoms with Crippen LogP contribution in [-0.2, 0) is 9.59 Å². The third-order valence-electron chi connectivity index (χ3n) is 6.73. The molecule has 0 radical (unpaired) electrons. The van der Waals surface area contributed by atoms with Gasteiger partial charge in [0, 0.05) is 18.2 Å². The number of fused-ring (bicyclic) bond motifs is 2. The van der Waals surface area contributed by atoms with Crippen molar-refractivity contribution in [2.75, 3.05) is 13.2 Å². The molecule has 9 heteroatoms. The van der Waals surface area contributed by atoms with E-state index < -0.39 is 23.4 Å². The Morgan fingerprint density at radius 1 is 1.06 bits per heavy atom. The number of amides is 2. The number of carbonyl (C=O) groups is 2. The zero-order valence-corrected chi connectivity index (χ0v) is 20.6. The van der Waals surface area contributed by atoms with E-state index in [0.717, 1.165) is 22.8 Å². The molecule has 0 unspecified atom stereocenters. The van der Waals surface area contributed by atoms with Crippen LogP contribution < -0.4 is 20.1 Å². The molecule has 3 N–H and O–H groups in total. The molecule has 1 fully saturated rings. The molecule has 186 valence electrons. The molecule has 1 atom stereocenters. The molecule has 1 saturated carbocycles. The van der Waals surface area contributed by atoms with Gasteiger partial charge < -0.3 is 25.2 Å². The number of aliphatic hydroxyl groups excluding tert-OH is 1. The molecule has 2 amide bonds. The van der Waals surface area contributed by atoms with Gasteiger partial charge in [0.2, 0.25) is 0 Å². The van der Waals surface area contributed by atoms with Gasteiger partial charge in [0.1, 0.15) is 17.3 Å². The van der Waals surface area contributed by atoms with Gasteiger partial charge in [0.15, 0.2) is 13.2 Å². The Labute approximate surface area is 208 Å². The molecule has 3 aliphatic carbocycles. The van der Waals surface area contributed by atoms with Crippen LogP contribution in [0.25, 0.3) is 0 Å². The SMILES string of the molecule is Cc1cc(OCC(=O)NC23CC(=C(NC(=O)COc4ccc(Cl)c(F)c4)C[C@@H]2O)C3)cc(C)c1C. The summed E-state index contributed by atoms with van der Waals surface area (Å²) >= 11 is 5.64. The largest absolute Gasteiger partial charge is 0.484 e. The number of rotatable bonds is 8. The summed E-state index contributed by atoms with van der Waals surface area (Å²) in [5.41, 5.74) is 4.22. The van der Waals surface area contributed by atoms with Gasteiger partial charge in [0.25, 0.3) is 11.8 Å². The predicted molar refractivity (Wildman–Crippen MR) is 129 cm³/mol. The van der Waals surface area contributed by atoms with Gasteiger partial charge in [-0.25, -0.2) is 4.39 Å². The van der Waals surface area contributed by atoms with Crippen LogP contribution in [0.15, 0.2) is 41.6 Å². The quantitative estimate of drug-likeness (QED) is 0.512. The molecule has 35 heavy (non-hydrogen) atoms. The van der Waals surface area contributed by atoms with E-state index in [1.807, 2.05) is 32.9 Å². The van der Waals surface area contributed by atoms with Crippen LogP contribution in [0.3, 0.4) is 0 Å². The van der Waals surface area contributed by atoms with Crippen LogP contribution in [0.2, 0.25) is 5.02 Å². The third-order valence-corrected chi connectivity index (χ3v) is 7.04. The topological polar surface area (TPSA) is 96.9 Å². The zero-order chi connectivity index (χ0) is 25.3. The Morgan fingerprint density at radius 2 is 1.69 bits per heavy atom. The number of aryl methyl sites for hydroxylation is 2. The lowest BCUT2D eigenvalue weighted by Crippen LogP contribution is -2.65. The summed E-state index contributed by atoms with van der Waals surface area (Å²) in [5.74, 6) is -0.546. The van der Waals surface area contributed by atoms with Gasteiger partial charge in [-0.05, 0) is 80.1 Å². The molecule has 0 heterocycles. The van der Waals surface area contributed by atoms with Gasteiger partial charge in [-0.2, -0.15) is 0 Å². The second kappa shape index (κ2) is 9.87. The highest BCUT2D eigenvalue weighted by atomic mass is 35.5. The number of aliphatic hydroxyl groups is 1. The summed E-state index contributed by atoms with van der Waals surface area (Å²) in [6.45, 7) is 5.56. The van der Waals surface area contributed by atoms with Crippen molar-refractivity contribution in [2.45, 2.75) is 51.7 Å². The van der Waals surface area contributed by atoms with Crippen molar-refractivity contribution in [3.8, 4) is 11.5 Å². The van der Waals surface area contributed by atoms with Crippen molar-refractivity contribution < 1.29 is 28.6 Å².